The van der Waals surface area contributed by atoms with Crippen LogP contribution in [0.15, 0.2) is 54.6 Å². The fourth-order valence-electron chi connectivity index (χ4n) is 3.23. The zero-order valence-electron chi connectivity index (χ0n) is 16.4. The molecule has 0 saturated heterocycles. The van der Waals surface area contributed by atoms with Crippen LogP contribution in [-0.4, -0.2) is 32.6 Å². The van der Waals surface area contributed by atoms with Gasteiger partial charge in [-0.15, -0.1) is 0 Å². The molecule has 0 bridgehead atoms. The van der Waals surface area contributed by atoms with E-state index in [9.17, 15) is 9.59 Å². The molecule has 2 aromatic carbocycles. The normalized spacial score (nSPS) is 11.8. The van der Waals surface area contributed by atoms with Gasteiger partial charge in [-0.1, -0.05) is 69.6 Å². The van der Waals surface area contributed by atoms with Crippen LogP contribution in [0.3, 0.4) is 0 Å². The van der Waals surface area contributed by atoms with E-state index in [1.165, 1.54) is 0 Å². The Kier molecular flexibility index (Phi) is 5.88. The standard InChI is InChI=1S/C20H27NO3Si2/c1-25(2,3)21(26(4,5)6)19(22)17-14-10-11-15-18(17)20(23)24-16-12-8-7-9-13-16/h7-15H,1-6H3. The van der Waals surface area contributed by atoms with Crippen molar-refractivity contribution >= 4 is 28.3 Å². The van der Waals surface area contributed by atoms with E-state index in [2.05, 4.69) is 43.5 Å². The molecule has 1 amide bonds. The monoisotopic (exact) mass is 385 g/mol. The summed E-state index contributed by atoms with van der Waals surface area (Å²) in [6.45, 7) is 13.0. The van der Waals surface area contributed by atoms with Gasteiger partial charge >= 0.3 is 5.97 Å². The van der Waals surface area contributed by atoms with E-state index in [1.807, 2.05) is 6.07 Å². The smallest absolute Gasteiger partial charge is 0.344 e. The van der Waals surface area contributed by atoms with E-state index >= 15 is 0 Å². The number of ether oxygens (including phenoxy) is 1. The number of rotatable bonds is 5. The minimum absolute atomic E-state index is 0.0658. The molecule has 0 aliphatic rings. The first-order valence-electron chi connectivity index (χ1n) is 8.73. The predicted molar refractivity (Wildman–Crippen MR) is 111 cm³/mol. The lowest BCUT2D eigenvalue weighted by atomic mass is 10.1. The van der Waals surface area contributed by atoms with Crippen LogP contribution in [0.2, 0.25) is 39.3 Å². The molecule has 0 unspecified atom stereocenters. The molecule has 26 heavy (non-hydrogen) atoms. The van der Waals surface area contributed by atoms with Crippen molar-refractivity contribution in [1.82, 2.24) is 4.23 Å². The second-order valence-electron chi connectivity index (χ2n) is 8.23. The fourth-order valence-corrected chi connectivity index (χ4v) is 12.7. The Morgan fingerprint density at radius 3 is 1.69 bits per heavy atom. The van der Waals surface area contributed by atoms with E-state index < -0.39 is 22.4 Å². The second-order valence-corrected chi connectivity index (χ2v) is 18.3. The van der Waals surface area contributed by atoms with E-state index in [1.54, 1.807) is 48.5 Å². The maximum absolute atomic E-state index is 13.4. The highest BCUT2D eigenvalue weighted by molar-refractivity contribution is 6.92. The first kappa shape index (κ1) is 20.1. The first-order chi connectivity index (χ1) is 12.0. The van der Waals surface area contributed by atoms with Crippen molar-refractivity contribution < 1.29 is 14.3 Å². The highest BCUT2D eigenvalue weighted by atomic mass is 28.4. The zero-order valence-corrected chi connectivity index (χ0v) is 18.4. The fraction of sp³-hybridized carbons (Fsp3) is 0.300. The highest BCUT2D eigenvalue weighted by Crippen LogP contribution is 2.25. The summed E-state index contributed by atoms with van der Waals surface area (Å²) in [6, 6.07) is 15.8. The van der Waals surface area contributed by atoms with Crippen molar-refractivity contribution in [2.24, 2.45) is 0 Å². The molecule has 0 fully saturated rings. The second kappa shape index (κ2) is 7.59. The van der Waals surface area contributed by atoms with Gasteiger partial charge in [0.1, 0.15) is 22.2 Å². The number of para-hydroxylation sites is 1. The van der Waals surface area contributed by atoms with Crippen LogP contribution < -0.4 is 4.74 Å². The van der Waals surface area contributed by atoms with Gasteiger partial charge < -0.3 is 8.97 Å². The third kappa shape index (κ3) is 4.71. The molecule has 6 heteroatoms. The van der Waals surface area contributed by atoms with Crippen molar-refractivity contribution in [3.63, 3.8) is 0 Å². The van der Waals surface area contributed by atoms with Gasteiger partial charge in [-0.25, -0.2) is 4.79 Å². The summed E-state index contributed by atoms with van der Waals surface area (Å²) in [5.41, 5.74) is 0.723. The molecular formula is C20H27NO3Si2. The van der Waals surface area contributed by atoms with Gasteiger partial charge in [-0.05, 0) is 24.3 Å². The lowest BCUT2D eigenvalue weighted by Crippen LogP contribution is -2.61. The largest absolute Gasteiger partial charge is 0.423 e. The molecule has 2 rings (SSSR count). The Morgan fingerprint density at radius 2 is 1.19 bits per heavy atom. The molecule has 0 atom stereocenters. The number of carbonyl (C=O) groups excluding carboxylic acids is 2. The van der Waals surface area contributed by atoms with Gasteiger partial charge in [0.25, 0.3) is 0 Å². The number of nitrogens with zero attached hydrogens (tertiary/aromatic N) is 1. The van der Waals surface area contributed by atoms with Crippen molar-refractivity contribution in [3.05, 3.63) is 65.7 Å². The molecule has 0 heterocycles. The van der Waals surface area contributed by atoms with Gasteiger partial charge in [0.05, 0.1) is 11.1 Å². The van der Waals surface area contributed by atoms with Crippen molar-refractivity contribution in [3.8, 4) is 5.75 Å². The number of esters is 1. The summed E-state index contributed by atoms with van der Waals surface area (Å²) in [5.74, 6) is -0.109. The van der Waals surface area contributed by atoms with Crippen LogP contribution in [0.1, 0.15) is 20.7 Å². The molecule has 0 spiro atoms. The molecule has 0 saturated carbocycles. The molecule has 0 aliphatic heterocycles. The third-order valence-corrected chi connectivity index (χ3v) is 11.0. The van der Waals surface area contributed by atoms with E-state index in [0.29, 0.717) is 16.9 Å². The van der Waals surface area contributed by atoms with Gasteiger partial charge in [0, 0.05) is 0 Å². The minimum atomic E-state index is -1.91. The Bertz CT molecular complexity index is 779. The number of hydrogen-bond acceptors (Lipinski definition) is 3. The molecule has 0 aliphatic carbocycles. The maximum Gasteiger partial charge on any atom is 0.344 e. The van der Waals surface area contributed by atoms with Crippen molar-refractivity contribution in [2.75, 3.05) is 0 Å². The van der Waals surface area contributed by atoms with Crippen LogP contribution in [0, 0.1) is 0 Å². The first-order valence-corrected chi connectivity index (χ1v) is 15.6. The summed E-state index contributed by atoms with van der Waals surface area (Å²) in [4.78, 5) is 26.1. The van der Waals surface area contributed by atoms with Crippen molar-refractivity contribution in [2.45, 2.75) is 39.3 Å². The molecule has 138 valence electrons. The number of hydrogen-bond donors (Lipinski definition) is 0. The average Bonchev–Trinajstić information content (AvgIpc) is 2.53. The lowest BCUT2D eigenvalue weighted by Gasteiger charge is -2.44. The molecule has 2 aromatic rings. The predicted octanol–water partition coefficient (Wildman–Crippen LogP) is 5.02. The maximum atomic E-state index is 13.4. The Morgan fingerprint density at radius 1 is 0.731 bits per heavy atom. The summed E-state index contributed by atoms with van der Waals surface area (Å²) in [7, 11) is -3.81. The molecular weight excluding hydrogens is 358 g/mol. The quantitative estimate of drug-likeness (QED) is 0.412. The summed E-state index contributed by atoms with van der Waals surface area (Å²) >= 11 is 0. The van der Waals surface area contributed by atoms with Crippen LogP contribution in [0.5, 0.6) is 5.75 Å². The van der Waals surface area contributed by atoms with E-state index in [4.69, 9.17) is 4.74 Å². The lowest BCUT2D eigenvalue weighted by molar-refractivity contribution is 0.0726. The number of carbonyl (C=O) groups is 2. The molecule has 0 aromatic heterocycles. The average molecular weight is 386 g/mol. The van der Waals surface area contributed by atoms with Gasteiger partial charge in [-0.2, -0.15) is 0 Å². The summed E-state index contributed by atoms with van der Waals surface area (Å²) in [6.07, 6.45) is 0. The molecule has 0 N–H and O–H groups in total. The van der Waals surface area contributed by atoms with Gasteiger partial charge in [-0.3, -0.25) is 4.79 Å². The van der Waals surface area contributed by atoms with Gasteiger partial charge in [0.2, 0.25) is 5.91 Å². The molecule has 0 radical (unpaired) electrons. The minimum Gasteiger partial charge on any atom is -0.423 e. The SMILES string of the molecule is C[Si](C)(C)N(C(=O)c1ccccc1C(=O)Oc1ccccc1)[Si](C)(C)C. The molecule has 4 nitrogen and oxygen atoms in total. The van der Waals surface area contributed by atoms with E-state index in [-0.39, 0.29) is 5.91 Å². The van der Waals surface area contributed by atoms with E-state index in [0.717, 1.165) is 0 Å². The Balaban J connectivity index is 2.42. The Labute approximate surface area is 158 Å². The van der Waals surface area contributed by atoms with Gasteiger partial charge in [0.15, 0.2) is 0 Å². The summed E-state index contributed by atoms with van der Waals surface area (Å²) in [5, 5.41) is 0. The number of benzene rings is 2. The van der Waals surface area contributed by atoms with Crippen LogP contribution in [-0.2, 0) is 0 Å². The van der Waals surface area contributed by atoms with Crippen LogP contribution >= 0.6 is 0 Å². The third-order valence-electron chi connectivity index (χ3n) is 3.88. The highest BCUT2D eigenvalue weighted by Gasteiger charge is 2.39. The summed E-state index contributed by atoms with van der Waals surface area (Å²) < 4.78 is 7.53. The van der Waals surface area contributed by atoms with Crippen LogP contribution in [0.4, 0.5) is 0 Å². The van der Waals surface area contributed by atoms with Crippen molar-refractivity contribution in [1.29, 1.82) is 0 Å². The topological polar surface area (TPSA) is 46.6 Å². The number of amides is 1. The zero-order chi connectivity index (χ0) is 19.5. The Hall–Kier alpha value is -2.19. The van der Waals surface area contributed by atoms with Crippen LogP contribution in [0.25, 0.3) is 0 Å².